The number of hydrogen-bond acceptors (Lipinski definition) is 4. The quantitative estimate of drug-likeness (QED) is 0.889. The molecule has 5 nitrogen and oxygen atoms in total. The summed E-state index contributed by atoms with van der Waals surface area (Å²) in [5.41, 5.74) is 0.00356. The zero-order chi connectivity index (χ0) is 15.2. The third-order valence-electron chi connectivity index (χ3n) is 2.67. The number of carbonyl (C=O) groups is 1. The van der Waals surface area contributed by atoms with Crippen LogP contribution >= 0.6 is 0 Å². The van der Waals surface area contributed by atoms with Crippen molar-refractivity contribution in [3.8, 4) is 0 Å². The van der Waals surface area contributed by atoms with Crippen LogP contribution in [0, 0.1) is 11.6 Å². The van der Waals surface area contributed by atoms with E-state index in [4.69, 9.17) is 0 Å². The standard InChI is InChI=1S/C14H14F2N4O/c1-2-3-19-13-11(15)4-9(5-12(13)16)14(21)20-10-6-17-8-18-7-10/h4-8,19H,2-3H2,1H3,(H,20,21). The molecule has 0 aliphatic carbocycles. The fourth-order valence-corrected chi connectivity index (χ4v) is 1.69. The van der Waals surface area contributed by atoms with E-state index in [1.54, 1.807) is 0 Å². The van der Waals surface area contributed by atoms with Crippen molar-refractivity contribution >= 4 is 17.3 Å². The summed E-state index contributed by atoms with van der Waals surface area (Å²) in [4.78, 5) is 19.4. The molecule has 0 saturated heterocycles. The van der Waals surface area contributed by atoms with Crippen molar-refractivity contribution in [2.45, 2.75) is 13.3 Å². The van der Waals surface area contributed by atoms with Gasteiger partial charge in [-0.2, -0.15) is 0 Å². The molecule has 21 heavy (non-hydrogen) atoms. The van der Waals surface area contributed by atoms with E-state index >= 15 is 0 Å². The van der Waals surface area contributed by atoms with Crippen molar-refractivity contribution in [1.82, 2.24) is 9.97 Å². The molecule has 0 aliphatic rings. The highest BCUT2D eigenvalue weighted by Gasteiger charge is 2.15. The van der Waals surface area contributed by atoms with Crippen molar-refractivity contribution in [2.24, 2.45) is 0 Å². The van der Waals surface area contributed by atoms with Crippen LogP contribution in [0.1, 0.15) is 23.7 Å². The lowest BCUT2D eigenvalue weighted by Gasteiger charge is -2.10. The largest absolute Gasteiger partial charge is 0.380 e. The van der Waals surface area contributed by atoms with Gasteiger partial charge in [-0.05, 0) is 18.6 Å². The predicted octanol–water partition coefficient (Wildman–Crippen LogP) is 2.83. The van der Waals surface area contributed by atoms with Gasteiger partial charge in [0.15, 0.2) is 0 Å². The zero-order valence-electron chi connectivity index (χ0n) is 11.4. The van der Waals surface area contributed by atoms with Crippen LogP contribution in [0.2, 0.25) is 0 Å². The Morgan fingerprint density at radius 2 is 1.81 bits per heavy atom. The molecular formula is C14H14F2N4O. The first-order valence-corrected chi connectivity index (χ1v) is 6.41. The minimum atomic E-state index is -0.807. The maximum atomic E-state index is 13.8. The first-order valence-electron chi connectivity index (χ1n) is 6.41. The van der Waals surface area contributed by atoms with Gasteiger partial charge in [0.05, 0.1) is 18.1 Å². The summed E-state index contributed by atoms with van der Waals surface area (Å²) in [6, 6.07) is 1.97. The highest BCUT2D eigenvalue weighted by atomic mass is 19.1. The summed E-state index contributed by atoms with van der Waals surface area (Å²) in [5, 5.41) is 5.10. The van der Waals surface area contributed by atoms with E-state index in [1.807, 2.05) is 6.92 Å². The predicted molar refractivity (Wildman–Crippen MR) is 75.1 cm³/mol. The van der Waals surface area contributed by atoms with E-state index in [2.05, 4.69) is 20.6 Å². The monoisotopic (exact) mass is 292 g/mol. The number of nitrogens with one attached hydrogen (secondary N) is 2. The van der Waals surface area contributed by atoms with Crippen molar-refractivity contribution in [3.05, 3.63) is 48.1 Å². The topological polar surface area (TPSA) is 66.9 Å². The molecule has 0 aliphatic heterocycles. The Morgan fingerprint density at radius 3 is 2.38 bits per heavy atom. The first kappa shape index (κ1) is 14.8. The van der Waals surface area contributed by atoms with E-state index in [9.17, 15) is 13.6 Å². The average Bonchev–Trinajstić information content (AvgIpc) is 2.47. The summed E-state index contributed by atoms with van der Waals surface area (Å²) < 4.78 is 27.7. The maximum absolute atomic E-state index is 13.8. The molecule has 2 N–H and O–H groups in total. The Bertz CT molecular complexity index is 611. The number of anilines is 2. The van der Waals surface area contributed by atoms with E-state index in [-0.39, 0.29) is 11.3 Å². The SMILES string of the molecule is CCCNc1c(F)cc(C(=O)Nc2cncnc2)cc1F. The van der Waals surface area contributed by atoms with Gasteiger partial charge in [0.1, 0.15) is 23.6 Å². The summed E-state index contributed by atoms with van der Waals surface area (Å²) in [5.74, 6) is -2.25. The number of halogens is 2. The van der Waals surface area contributed by atoms with Crippen LogP contribution in [0.25, 0.3) is 0 Å². The molecule has 1 heterocycles. The fraction of sp³-hybridized carbons (Fsp3) is 0.214. The first-order chi connectivity index (χ1) is 10.1. The Balaban J connectivity index is 2.19. The summed E-state index contributed by atoms with van der Waals surface area (Å²) in [6.07, 6.45) is 4.81. The second kappa shape index (κ2) is 6.74. The molecule has 0 saturated carbocycles. The van der Waals surface area contributed by atoms with E-state index in [0.717, 1.165) is 18.6 Å². The Labute approximate surface area is 120 Å². The fourth-order valence-electron chi connectivity index (χ4n) is 1.69. The molecule has 0 radical (unpaired) electrons. The molecule has 1 aromatic heterocycles. The summed E-state index contributed by atoms with van der Waals surface area (Å²) >= 11 is 0. The van der Waals surface area contributed by atoms with Crippen LogP contribution in [-0.2, 0) is 0 Å². The van der Waals surface area contributed by atoms with Crippen LogP contribution < -0.4 is 10.6 Å². The zero-order valence-corrected chi connectivity index (χ0v) is 11.4. The molecule has 0 bridgehead atoms. The van der Waals surface area contributed by atoms with Gasteiger partial charge < -0.3 is 10.6 Å². The van der Waals surface area contributed by atoms with E-state index in [0.29, 0.717) is 12.2 Å². The lowest BCUT2D eigenvalue weighted by Crippen LogP contribution is -2.14. The minimum Gasteiger partial charge on any atom is -0.380 e. The Hall–Kier alpha value is -2.57. The molecular weight excluding hydrogens is 278 g/mol. The molecule has 0 atom stereocenters. The average molecular weight is 292 g/mol. The van der Waals surface area contributed by atoms with Gasteiger partial charge in [0.25, 0.3) is 5.91 Å². The number of rotatable bonds is 5. The van der Waals surface area contributed by atoms with E-state index < -0.39 is 17.5 Å². The van der Waals surface area contributed by atoms with Gasteiger partial charge in [0.2, 0.25) is 0 Å². The highest BCUT2D eigenvalue weighted by Crippen LogP contribution is 2.21. The second-order valence-electron chi connectivity index (χ2n) is 4.32. The van der Waals surface area contributed by atoms with Gasteiger partial charge in [-0.15, -0.1) is 0 Å². The van der Waals surface area contributed by atoms with Crippen LogP contribution in [0.3, 0.4) is 0 Å². The van der Waals surface area contributed by atoms with Gasteiger partial charge in [-0.3, -0.25) is 4.79 Å². The molecule has 2 rings (SSSR count). The molecule has 1 amide bonds. The number of nitrogens with zero attached hydrogens (tertiary/aromatic N) is 2. The minimum absolute atomic E-state index is 0.115. The van der Waals surface area contributed by atoms with Crippen LogP contribution in [-0.4, -0.2) is 22.4 Å². The van der Waals surface area contributed by atoms with Crippen molar-refractivity contribution in [1.29, 1.82) is 0 Å². The number of carbonyl (C=O) groups excluding carboxylic acids is 1. The maximum Gasteiger partial charge on any atom is 0.255 e. The summed E-state index contributed by atoms with van der Waals surface area (Å²) in [7, 11) is 0. The van der Waals surface area contributed by atoms with Crippen LogP contribution in [0.15, 0.2) is 30.9 Å². The number of hydrogen-bond donors (Lipinski definition) is 2. The number of amides is 1. The third-order valence-corrected chi connectivity index (χ3v) is 2.67. The van der Waals surface area contributed by atoms with Gasteiger partial charge >= 0.3 is 0 Å². The molecule has 0 fully saturated rings. The third kappa shape index (κ3) is 3.71. The molecule has 0 spiro atoms. The van der Waals surface area contributed by atoms with Crippen LogP contribution in [0.4, 0.5) is 20.2 Å². The van der Waals surface area contributed by atoms with E-state index in [1.165, 1.54) is 18.7 Å². The molecule has 1 aromatic carbocycles. The Kier molecular flexibility index (Phi) is 4.76. The number of benzene rings is 1. The van der Waals surface area contributed by atoms with Crippen LogP contribution in [0.5, 0.6) is 0 Å². The number of aromatic nitrogens is 2. The van der Waals surface area contributed by atoms with Crippen molar-refractivity contribution < 1.29 is 13.6 Å². The molecule has 2 aromatic rings. The van der Waals surface area contributed by atoms with Gasteiger partial charge in [0, 0.05) is 12.1 Å². The van der Waals surface area contributed by atoms with Gasteiger partial charge in [-0.25, -0.2) is 18.7 Å². The molecule has 110 valence electrons. The van der Waals surface area contributed by atoms with Gasteiger partial charge in [-0.1, -0.05) is 6.92 Å². The smallest absolute Gasteiger partial charge is 0.255 e. The lowest BCUT2D eigenvalue weighted by atomic mass is 10.1. The Morgan fingerprint density at radius 1 is 1.19 bits per heavy atom. The lowest BCUT2D eigenvalue weighted by molar-refractivity contribution is 0.102. The second-order valence-corrected chi connectivity index (χ2v) is 4.32. The molecule has 0 unspecified atom stereocenters. The summed E-state index contributed by atoms with van der Waals surface area (Å²) in [6.45, 7) is 2.33. The van der Waals surface area contributed by atoms with Crippen molar-refractivity contribution in [2.75, 3.05) is 17.2 Å². The van der Waals surface area contributed by atoms with Crippen molar-refractivity contribution in [3.63, 3.8) is 0 Å². The normalized spacial score (nSPS) is 10.2. The highest BCUT2D eigenvalue weighted by molar-refractivity contribution is 6.04. The molecule has 7 heteroatoms.